The van der Waals surface area contributed by atoms with Crippen LogP contribution in [0.2, 0.25) is 0 Å². The third-order valence-corrected chi connectivity index (χ3v) is 2.76. The van der Waals surface area contributed by atoms with Crippen LogP contribution >= 0.6 is 0 Å². The van der Waals surface area contributed by atoms with E-state index < -0.39 is 0 Å². The maximum absolute atomic E-state index is 12.0. The summed E-state index contributed by atoms with van der Waals surface area (Å²) in [5.74, 6) is 0.544. The first-order valence-corrected chi connectivity index (χ1v) is 6.41. The quantitative estimate of drug-likeness (QED) is 0.920. The van der Waals surface area contributed by atoms with Gasteiger partial charge in [-0.2, -0.15) is 0 Å². The van der Waals surface area contributed by atoms with Gasteiger partial charge in [0.05, 0.1) is 12.2 Å². The number of hydrogen-bond acceptors (Lipinski definition) is 4. The lowest BCUT2D eigenvalue weighted by Gasteiger charge is -2.12. The topological polar surface area (TPSA) is 58.1 Å². The third kappa shape index (κ3) is 3.54. The number of anilines is 1. The van der Waals surface area contributed by atoms with E-state index in [4.69, 9.17) is 0 Å². The van der Waals surface area contributed by atoms with Crippen molar-refractivity contribution < 1.29 is 4.79 Å². The molecule has 1 aromatic heterocycles. The second-order valence-corrected chi connectivity index (χ2v) is 4.74. The highest BCUT2D eigenvalue weighted by Crippen LogP contribution is 2.07. The van der Waals surface area contributed by atoms with Gasteiger partial charge in [0.2, 0.25) is 5.95 Å². The highest BCUT2D eigenvalue weighted by atomic mass is 16.1. The molecule has 0 atom stereocenters. The van der Waals surface area contributed by atoms with Crippen LogP contribution in [0.1, 0.15) is 21.7 Å². The van der Waals surface area contributed by atoms with Gasteiger partial charge in [-0.1, -0.05) is 18.2 Å². The molecule has 20 heavy (non-hydrogen) atoms. The van der Waals surface area contributed by atoms with Gasteiger partial charge in [-0.25, -0.2) is 9.97 Å². The summed E-state index contributed by atoms with van der Waals surface area (Å²) in [7, 11) is 3.78. The van der Waals surface area contributed by atoms with Crippen molar-refractivity contribution in [1.82, 2.24) is 15.3 Å². The van der Waals surface area contributed by atoms with E-state index in [1.165, 1.54) is 0 Å². The number of aromatic nitrogens is 2. The lowest BCUT2D eigenvalue weighted by atomic mass is 10.2. The summed E-state index contributed by atoms with van der Waals surface area (Å²) in [6, 6.07) is 11.0. The minimum Gasteiger partial charge on any atom is -0.347 e. The number of carbonyl (C=O) groups is 1. The minimum absolute atomic E-state index is 0.103. The molecule has 1 heterocycles. The second-order valence-electron chi connectivity index (χ2n) is 4.74. The van der Waals surface area contributed by atoms with Crippen LogP contribution in [0.15, 0.2) is 36.4 Å². The molecular weight excluding hydrogens is 252 g/mol. The van der Waals surface area contributed by atoms with Crippen LogP contribution in [0.5, 0.6) is 0 Å². The molecule has 1 aromatic carbocycles. The van der Waals surface area contributed by atoms with Gasteiger partial charge >= 0.3 is 0 Å². The fraction of sp³-hybridized carbons (Fsp3) is 0.267. The van der Waals surface area contributed by atoms with Crippen molar-refractivity contribution in [3.8, 4) is 0 Å². The summed E-state index contributed by atoms with van der Waals surface area (Å²) < 4.78 is 0. The van der Waals surface area contributed by atoms with Gasteiger partial charge in [-0.05, 0) is 25.1 Å². The first kappa shape index (κ1) is 14.0. The molecule has 0 spiro atoms. The number of amides is 1. The number of benzene rings is 1. The molecule has 0 bridgehead atoms. The van der Waals surface area contributed by atoms with Crippen LogP contribution in [0.25, 0.3) is 0 Å². The Balaban J connectivity index is 2.06. The summed E-state index contributed by atoms with van der Waals surface area (Å²) in [6.45, 7) is 2.30. The molecule has 2 aromatic rings. The number of carbonyl (C=O) groups excluding carboxylic acids is 1. The van der Waals surface area contributed by atoms with Gasteiger partial charge < -0.3 is 10.2 Å². The standard InChI is InChI=1S/C15H18N4O/c1-11-9-13(18-15(17-11)19(2)3)10-16-14(20)12-7-5-4-6-8-12/h4-9H,10H2,1-3H3,(H,16,20). The van der Waals surface area contributed by atoms with Crippen molar-refractivity contribution in [3.63, 3.8) is 0 Å². The normalized spacial score (nSPS) is 10.2. The zero-order chi connectivity index (χ0) is 14.5. The van der Waals surface area contributed by atoms with Gasteiger partial charge in [-0.15, -0.1) is 0 Å². The van der Waals surface area contributed by atoms with E-state index in [2.05, 4.69) is 15.3 Å². The summed E-state index contributed by atoms with van der Waals surface area (Å²) >= 11 is 0. The zero-order valence-electron chi connectivity index (χ0n) is 11.9. The van der Waals surface area contributed by atoms with E-state index in [0.717, 1.165) is 11.4 Å². The van der Waals surface area contributed by atoms with Crippen molar-refractivity contribution in [2.24, 2.45) is 0 Å². The van der Waals surface area contributed by atoms with Crippen molar-refractivity contribution in [1.29, 1.82) is 0 Å². The Bertz CT molecular complexity index is 596. The molecule has 1 amide bonds. The van der Waals surface area contributed by atoms with E-state index >= 15 is 0 Å². The van der Waals surface area contributed by atoms with Crippen LogP contribution in [-0.2, 0) is 6.54 Å². The molecule has 0 aliphatic rings. The molecule has 1 N–H and O–H groups in total. The molecular formula is C15H18N4O. The molecule has 0 fully saturated rings. The molecule has 5 heteroatoms. The molecule has 5 nitrogen and oxygen atoms in total. The Hall–Kier alpha value is -2.43. The lowest BCUT2D eigenvalue weighted by Crippen LogP contribution is -2.24. The van der Waals surface area contributed by atoms with Gasteiger partial charge in [0.25, 0.3) is 5.91 Å². The Morgan fingerprint density at radius 3 is 2.55 bits per heavy atom. The average Bonchev–Trinajstić information content (AvgIpc) is 2.45. The molecule has 0 unspecified atom stereocenters. The monoisotopic (exact) mass is 270 g/mol. The highest BCUT2D eigenvalue weighted by molar-refractivity contribution is 5.94. The van der Waals surface area contributed by atoms with Crippen molar-refractivity contribution in [2.75, 3.05) is 19.0 Å². The molecule has 0 saturated carbocycles. The molecule has 0 saturated heterocycles. The Morgan fingerprint density at radius 2 is 1.90 bits per heavy atom. The number of rotatable bonds is 4. The summed E-state index contributed by atoms with van der Waals surface area (Å²) in [5, 5.41) is 2.86. The predicted octanol–water partition coefficient (Wildman–Crippen LogP) is 1.78. The maximum atomic E-state index is 12.0. The predicted molar refractivity (Wildman–Crippen MR) is 78.7 cm³/mol. The van der Waals surface area contributed by atoms with Crippen LogP contribution in [0.4, 0.5) is 5.95 Å². The van der Waals surface area contributed by atoms with Gasteiger partial charge in [0.1, 0.15) is 0 Å². The second kappa shape index (κ2) is 6.14. The summed E-state index contributed by atoms with van der Waals surface area (Å²) in [5.41, 5.74) is 2.32. The highest BCUT2D eigenvalue weighted by Gasteiger charge is 2.07. The SMILES string of the molecule is Cc1cc(CNC(=O)c2ccccc2)nc(N(C)C)n1. The van der Waals surface area contributed by atoms with E-state index in [1.54, 1.807) is 12.1 Å². The van der Waals surface area contributed by atoms with Crippen LogP contribution in [0, 0.1) is 6.92 Å². The van der Waals surface area contributed by atoms with Crippen LogP contribution in [0.3, 0.4) is 0 Å². The zero-order valence-corrected chi connectivity index (χ0v) is 11.9. The minimum atomic E-state index is -0.103. The van der Waals surface area contributed by atoms with Crippen molar-refractivity contribution >= 4 is 11.9 Å². The van der Waals surface area contributed by atoms with Gasteiger partial charge in [0.15, 0.2) is 0 Å². The average molecular weight is 270 g/mol. The summed E-state index contributed by atoms with van der Waals surface area (Å²) in [6.07, 6.45) is 0. The molecule has 104 valence electrons. The molecule has 0 aliphatic heterocycles. The first-order chi connectivity index (χ1) is 9.56. The Morgan fingerprint density at radius 1 is 1.20 bits per heavy atom. The van der Waals surface area contributed by atoms with Crippen molar-refractivity contribution in [2.45, 2.75) is 13.5 Å². The Labute approximate surface area is 118 Å². The molecule has 0 radical (unpaired) electrons. The fourth-order valence-electron chi connectivity index (χ4n) is 1.77. The van der Waals surface area contributed by atoms with E-state index in [9.17, 15) is 4.79 Å². The van der Waals surface area contributed by atoms with E-state index in [-0.39, 0.29) is 5.91 Å². The van der Waals surface area contributed by atoms with Crippen LogP contribution < -0.4 is 10.2 Å². The van der Waals surface area contributed by atoms with E-state index in [0.29, 0.717) is 18.1 Å². The number of aryl methyl sites for hydroxylation is 1. The Kier molecular flexibility index (Phi) is 4.30. The third-order valence-electron chi connectivity index (χ3n) is 2.76. The summed E-state index contributed by atoms with van der Waals surface area (Å²) in [4.78, 5) is 22.5. The molecule has 0 aliphatic carbocycles. The number of hydrogen-bond donors (Lipinski definition) is 1. The fourth-order valence-corrected chi connectivity index (χ4v) is 1.77. The first-order valence-electron chi connectivity index (χ1n) is 6.41. The van der Waals surface area contributed by atoms with E-state index in [1.807, 2.05) is 50.2 Å². The van der Waals surface area contributed by atoms with Crippen molar-refractivity contribution in [3.05, 3.63) is 53.3 Å². The number of nitrogens with one attached hydrogen (secondary N) is 1. The molecule has 2 rings (SSSR count). The smallest absolute Gasteiger partial charge is 0.251 e. The van der Waals surface area contributed by atoms with Gasteiger partial charge in [-0.3, -0.25) is 4.79 Å². The number of nitrogens with zero attached hydrogens (tertiary/aromatic N) is 3. The lowest BCUT2D eigenvalue weighted by molar-refractivity contribution is 0.0950. The van der Waals surface area contributed by atoms with Crippen LogP contribution in [-0.4, -0.2) is 30.0 Å². The maximum Gasteiger partial charge on any atom is 0.251 e. The largest absolute Gasteiger partial charge is 0.347 e. The van der Waals surface area contributed by atoms with Gasteiger partial charge in [0, 0.05) is 25.4 Å².